The molecule has 0 radical (unpaired) electrons. The van der Waals surface area contributed by atoms with E-state index < -0.39 is 0 Å². The fraction of sp³-hybridized carbons (Fsp3) is 0.316. The number of hydrogen-bond donors (Lipinski definition) is 1. The number of benzene rings is 1. The van der Waals surface area contributed by atoms with Crippen LogP contribution in [0.4, 0.5) is 0 Å². The van der Waals surface area contributed by atoms with E-state index in [0.29, 0.717) is 42.8 Å². The number of aromatic nitrogens is 1. The molecular formula is C19H19Cl2N3O3. The molecule has 0 bridgehead atoms. The number of nitrogens with zero attached hydrogens (tertiary/aromatic N) is 2. The van der Waals surface area contributed by atoms with Gasteiger partial charge in [0.2, 0.25) is 0 Å². The fourth-order valence-electron chi connectivity index (χ4n) is 3.03. The van der Waals surface area contributed by atoms with E-state index in [1.54, 1.807) is 36.3 Å². The molecular weight excluding hydrogens is 389 g/mol. The lowest BCUT2D eigenvalue weighted by molar-refractivity contribution is 0.0698. The van der Waals surface area contributed by atoms with E-state index in [1.807, 2.05) is 0 Å². The summed E-state index contributed by atoms with van der Waals surface area (Å²) < 4.78 is 5.15. The first-order chi connectivity index (χ1) is 13.0. The van der Waals surface area contributed by atoms with Crippen LogP contribution in [0.1, 0.15) is 33.6 Å². The number of carbonyl (C=O) groups is 2. The number of ether oxygens (including phenoxy) is 1. The number of pyridine rings is 1. The van der Waals surface area contributed by atoms with Crippen molar-refractivity contribution in [2.45, 2.75) is 18.9 Å². The Hall–Kier alpha value is -2.31. The van der Waals surface area contributed by atoms with Crippen molar-refractivity contribution in [1.82, 2.24) is 15.2 Å². The van der Waals surface area contributed by atoms with Crippen molar-refractivity contribution >= 4 is 35.0 Å². The molecule has 1 fully saturated rings. The first-order valence-corrected chi connectivity index (χ1v) is 9.29. The van der Waals surface area contributed by atoms with Gasteiger partial charge in [-0.15, -0.1) is 0 Å². The quantitative estimate of drug-likeness (QED) is 0.787. The lowest BCUT2D eigenvalue weighted by Crippen LogP contribution is -2.46. The summed E-state index contributed by atoms with van der Waals surface area (Å²) in [6.07, 6.45) is 1.35. The van der Waals surface area contributed by atoms with E-state index in [9.17, 15) is 9.59 Å². The highest BCUT2D eigenvalue weighted by Crippen LogP contribution is 2.19. The summed E-state index contributed by atoms with van der Waals surface area (Å²) in [4.78, 5) is 30.6. The maximum absolute atomic E-state index is 12.6. The molecule has 2 amide bonds. The summed E-state index contributed by atoms with van der Waals surface area (Å²) in [6, 6.07) is 10.0. The van der Waals surface area contributed by atoms with Gasteiger partial charge in [0, 0.05) is 30.3 Å². The van der Waals surface area contributed by atoms with Crippen LogP contribution in [0.3, 0.4) is 0 Å². The Morgan fingerprint density at radius 1 is 1.11 bits per heavy atom. The van der Waals surface area contributed by atoms with Crippen LogP contribution < -0.4 is 10.1 Å². The number of hydrogen-bond acceptors (Lipinski definition) is 4. The molecule has 6 nitrogen and oxygen atoms in total. The standard InChI is InChI=1S/C19H19Cl2N3O3/c1-27-15-4-2-3-12(9-15)18(25)22-14-5-7-24(8-6-14)19(26)13-10-16(20)23-17(21)11-13/h2-4,9-11,14H,5-8H2,1H3,(H,22,25). The maximum atomic E-state index is 12.6. The number of nitrogens with one attached hydrogen (secondary N) is 1. The Balaban J connectivity index is 1.56. The summed E-state index contributed by atoms with van der Waals surface area (Å²) >= 11 is 11.7. The van der Waals surface area contributed by atoms with Crippen LogP contribution in [0.2, 0.25) is 10.3 Å². The molecule has 1 N–H and O–H groups in total. The zero-order valence-corrected chi connectivity index (χ0v) is 16.3. The zero-order chi connectivity index (χ0) is 19.4. The predicted molar refractivity (Wildman–Crippen MR) is 104 cm³/mol. The number of likely N-dealkylation sites (tertiary alicyclic amines) is 1. The summed E-state index contributed by atoms with van der Waals surface area (Å²) in [7, 11) is 1.56. The Labute approximate surface area is 167 Å². The fourth-order valence-corrected chi connectivity index (χ4v) is 3.49. The largest absolute Gasteiger partial charge is 0.497 e. The monoisotopic (exact) mass is 407 g/mol. The molecule has 27 heavy (non-hydrogen) atoms. The van der Waals surface area contributed by atoms with Crippen molar-refractivity contribution in [2.75, 3.05) is 20.2 Å². The third-order valence-electron chi connectivity index (χ3n) is 4.46. The van der Waals surface area contributed by atoms with Gasteiger partial charge in [-0.1, -0.05) is 29.3 Å². The summed E-state index contributed by atoms with van der Waals surface area (Å²) in [5.74, 6) is 0.350. The molecule has 1 aliphatic heterocycles. The average molecular weight is 408 g/mol. The van der Waals surface area contributed by atoms with Gasteiger partial charge >= 0.3 is 0 Å². The van der Waals surface area contributed by atoms with E-state index in [4.69, 9.17) is 27.9 Å². The number of piperidine rings is 1. The normalized spacial score (nSPS) is 14.7. The van der Waals surface area contributed by atoms with Crippen LogP contribution in [0.15, 0.2) is 36.4 Å². The molecule has 3 rings (SSSR count). The zero-order valence-electron chi connectivity index (χ0n) is 14.7. The summed E-state index contributed by atoms with van der Waals surface area (Å²) in [5, 5.41) is 3.39. The highest BCUT2D eigenvalue weighted by atomic mass is 35.5. The predicted octanol–water partition coefficient (Wildman–Crippen LogP) is 3.43. The molecule has 2 aromatic rings. The smallest absolute Gasteiger partial charge is 0.254 e. The lowest BCUT2D eigenvalue weighted by Gasteiger charge is -2.32. The average Bonchev–Trinajstić information content (AvgIpc) is 2.67. The van der Waals surface area contributed by atoms with Crippen LogP contribution in [0.5, 0.6) is 5.75 Å². The van der Waals surface area contributed by atoms with Crippen molar-refractivity contribution in [1.29, 1.82) is 0 Å². The van der Waals surface area contributed by atoms with Gasteiger partial charge < -0.3 is 15.0 Å². The number of carbonyl (C=O) groups excluding carboxylic acids is 2. The SMILES string of the molecule is COc1cccc(C(=O)NC2CCN(C(=O)c3cc(Cl)nc(Cl)c3)CC2)c1. The van der Waals surface area contributed by atoms with Crippen molar-refractivity contribution < 1.29 is 14.3 Å². The van der Waals surface area contributed by atoms with E-state index in [1.165, 1.54) is 12.1 Å². The minimum absolute atomic E-state index is 0.0115. The Morgan fingerprint density at radius 3 is 2.41 bits per heavy atom. The minimum atomic E-state index is -0.147. The molecule has 1 aromatic carbocycles. The molecule has 1 aliphatic rings. The number of rotatable bonds is 4. The van der Waals surface area contributed by atoms with E-state index in [2.05, 4.69) is 10.3 Å². The summed E-state index contributed by atoms with van der Waals surface area (Å²) in [6.45, 7) is 1.08. The Bertz CT molecular complexity index is 832. The third kappa shape index (κ3) is 4.90. The Morgan fingerprint density at radius 2 is 1.78 bits per heavy atom. The van der Waals surface area contributed by atoms with E-state index in [-0.39, 0.29) is 28.2 Å². The van der Waals surface area contributed by atoms with Crippen molar-refractivity contribution in [3.05, 3.63) is 57.8 Å². The lowest BCUT2D eigenvalue weighted by atomic mass is 10.0. The van der Waals surface area contributed by atoms with Crippen LogP contribution in [0, 0.1) is 0 Å². The van der Waals surface area contributed by atoms with Crippen molar-refractivity contribution in [2.24, 2.45) is 0 Å². The van der Waals surface area contributed by atoms with Gasteiger partial charge in [0.25, 0.3) is 11.8 Å². The number of halogens is 2. The van der Waals surface area contributed by atoms with Crippen LogP contribution in [-0.2, 0) is 0 Å². The summed E-state index contributed by atoms with van der Waals surface area (Å²) in [5.41, 5.74) is 0.966. The number of amides is 2. The molecule has 1 aromatic heterocycles. The van der Waals surface area contributed by atoms with Crippen LogP contribution in [-0.4, -0.2) is 47.9 Å². The van der Waals surface area contributed by atoms with E-state index in [0.717, 1.165) is 0 Å². The van der Waals surface area contributed by atoms with Gasteiger partial charge in [-0.05, 0) is 43.2 Å². The van der Waals surface area contributed by atoms with Crippen molar-refractivity contribution in [3.8, 4) is 5.75 Å². The Kier molecular flexibility index (Phi) is 6.19. The molecule has 0 atom stereocenters. The molecule has 1 saturated heterocycles. The second kappa shape index (κ2) is 8.59. The maximum Gasteiger partial charge on any atom is 0.254 e. The second-order valence-corrected chi connectivity index (χ2v) is 7.05. The molecule has 0 unspecified atom stereocenters. The number of methoxy groups -OCH3 is 1. The van der Waals surface area contributed by atoms with Crippen LogP contribution in [0.25, 0.3) is 0 Å². The van der Waals surface area contributed by atoms with Gasteiger partial charge in [-0.3, -0.25) is 9.59 Å². The van der Waals surface area contributed by atoms with Crippen LogP contribution >= 0.6 is 23.2 Å². The van der Waals surface area contributed by atoms with E-state index >= 15 is 0 Å². The molecule has 0 aliphatic carbocycles. The van der Waals surface area contributed by atoms with Gasteiger partial charge in [0.15, 0.2) is 0 Å². The molecule has 8 heteroatoms. The molecule has 142 valence electrons. The highest BCUT2D eigenvalue weighted by Gasteiger charge is 2.25. The first-order valence-electron chi connectivity index (χ1n) is 8.53. The van der Waals surface area contributed by atoms with Gasteiger partial charge in [-0.25, -0.2) is 4.98 Å². The molecule has 2 heterocycles. The highest BCUT2D eigenvalue weighted by molar-refractivity contribution is 6.33. The molecule has 0 spiro atoms. The minimum Gasteiger partial charge on any atom is -0.497 e. The van der Waals surface area contributed by atoms with Gasteiger partial charge in [0.05, 0.1) is 7.11 Å². The molecule has 0 saturated carbocycles. The second-order valence-electron chi connectivity index (χ2n) is 6.27. The topological polar surface area (TPSA) is 71.5 Å². The first kappa shape index (κ1) is 19.5. The van der Waals surface area contributed by atoms with Gasteiger partial charge in [-0.2, -0.15) is 0 Å². The third-order valence-corrected chi connectivity index (χ3v) is 4.85. The van der Waals surface area contributed by atoms with Crippen molar-refractivity contribution in [3.63, 3.8) is 0 Å². The van der Waals surface area contributed by atoms with Gasteiger partial charge in [0.1, 0.15) is 16.1 Å².